The Labute approximate surface area is 91.1 Å². The van der Waals surface area contributed by atoms with E-state index in [0.29, 0.717) is 5.57 Å². The van der Waals surface area contributed by atoms with Crippen molar-refractivity contribution in [2.75, 3.05) is 0 Å². The highest BCUT2D eigenvalue weighted by Crippen LogP contribution is 2.24. The lowest BCUT2D eigenvalue weighted by atomic mass is 9.87. The molecule has 0 heterocycles. The molecule has 0 unspecified atom stereocenters. The molecule has 0 aromatic carbocycles. The molecule has 0 rings (SSSR count). The van der Waals surface area contributed by atoms with E-state index in [1.165, 1.54) is 0 Å². The van der Waals surface area contributed by atoms with Crippen LogP contribution in [0.3, 0.4) is 0 Å². The number of allylic oxidation sites excluding steroid dienone is 5. The molecule has 0 bridgehead atoms. The van der Waals surface area contributed by atoms with Gasteiger partial charge in [-0.1, -0.05) is 45.6 Å². The first-order valence-corrected chi connectivity index (χ1v) is 4.90. The molecule has 0 N–H and O–H groups in total. The summed E-state index contributed by atoms with van der Waals surface area (Å²) in [7, 11) is 0. The summed E-state index contributed by atoms with van der Waals surface area (Å²) in [5.41, 5.74) is 1.48. The molecule has 0 amide bonds. The van der Waals surface area contributed by atoms with E-state index in [9.17, 15) is 4.79 Å². The summed E-state index contributed by atoms with van der Waals surface area (Å²) >= 11 is 5.35. The van der Waals surface area contributed by atoms with Gasteiger partial charge in [0.05, 0.1) is 0 Å². The standard InChI is InChI=1S/C12H17ClO/c1-6-10(11(13)14)8-7-9(2)12(3,4)5/h6-8H,2H2,1,3-5H3. The van der Waals surface area contributed by atoms with E-state index in [1.54, 1.807) is 19.1 Å². The number of hydrogen-bond acceptors (Lipinski definition) is 1. The molecular weight excluding hydrogens is 196 g/mol. The van der Waals surface area contributed by atoms with Crippen molar-refractivity contribution in [1.29, 1.82) is 0 Å². The van der Waals surface area contributed by atoms with E-state index < -0.39 is 5.24 Å². The second-order valence-electron chi connectivity index (χ2n) is 4.13. The average molecular weight is 213 g/mol. The SMILES string of the molecule is C=C(C=CC(=CC)C(=O)Cl)C(C)(C)C. The van der Waals surface area contributed by atoms with Crippen molar-refractivity contribution in [3.63, 3.8) is 0 Å². The Hall–Kier alpha value is -0.820. The Morgan fingerprint density at radius 1 is 1.29 bits per heavy atom. The number of halogens is 1. The van der Waals surface area contributed by atoms with E-state index in [4.69, 9.17) is 11.6 Å². The maximum atomic E-state index is 10.9. The zero-order chi connectivity index (χ0) is 11.4. The summed E-state index contributed by atoms with van der Waals surface area (Å²) in [6, 6.07) is 0. The summed E-state index contributed by atoms with van der Waals surface area (Å²) in [5, 5.41) is -0.439. The van der Waals surface area contributed by atoms with Crippen LogP contribution in [0.5, 0.6) is 0 Å². The zero-order valence-electron chi connectivity index (χ0n) is 9.23. The number of rotatable bonds is 3. The Morgan fingerprint density at radius 3 is 2.07 bits per heavy atom. The second kappa shape index (κ2) is 5.16. The molecule has 1 nitrogen and oxygen atoms in total. The third-order valence-corrected chi connectivity index (χ3v) is 2.18. The molecule has 0 aliphatic heterocycles. The summed E-state index contributed by atoms with van der Waals surface area (Å²) in [6.45, 7) is 11.9. The van der Waals surface area contributed by atoms with Crippen molar-refractivity contribution in [1.82, 2.24) is 0 Å². The Bertz CT molecular complexity index is 290. The molecule has 2 heteroatoms. The minimum atomic E-state index is -0.439. The number of carbonyl (C=O) groups is 1. The van der Waals surface area contributed by atoms with E-state index in [0.717, 1.165) is 5.57 Å². The van der Waals surface area contributed by atoms with Crippen molar-refractivity contribution < 1.29 is 4.79 Å². The van der Waals surface area contributed by atoms with Gasteiger partial charge in [0.1, 0.15) is 0 Å². The fourth-order valence-electron chi connectivity index (χ4n) is 0.716. The molecular formula is C12H17ClO. The fraction of sp³-hybridized carbons (Fsp3) is 0.417. The van der Waals surface area contributed by atoms with Crippen LogP contribution in [0, 0.1) is 5.41 Å². The highest BCUT2D eigenvalue weighted by molar-refractivity contribution is 6.68. The van der Waals surface area contributed by atoms with E-state index >= 15 is 0 Å². The summed E-state index contributed by atoms with van der Waals surface area (Å²) in [6.07, 6.45) is 5.21. The van der Waals surface area contributed by atoms with Gasteiger partial charge in [0.15, 0.2) is 0 Å². The van der Waals surface area contributed by atoms with Crippen molar-refractivity contribution in [2.45, 2.75) is 27.7 Å². The summed E-state index contributed by atoms with van der Waals surface area (Å²) in [4.78, 5) is 10.9. The highest BCUT2D eigenvalue weighted by atomic mass is 35.5. The molecule has 0 aliphatic carbocycles. The average Bonchev–Trinajstić information content (AvgIpc) is 2.02. The van der Waals surface area contributed by atoms with Crippen LogP contribution >= 0.6 is 11.6 Å². The lowest BCUT2D eigenvalue weighted by Gasteiger charge is -2.18. The molecule has 0 saturated heterocycles. The smallest absolute Gasteiger partial charge is 0.252 e. The van der Waals surface area contributed by atoms with Crippen LogP contribution in [0.2, 0.25) is 0 Å². The highest BCUT2D eigenvalue weighted by Gasteiger charge is 2.12. The van der Waals surface area contributed by atoms with E-state index in [-0.39, 0.29) is 5.41 Å². The van der Waals surface area contributed by atoms with Crippen LogP contribution in [0.4, 0.5) is 0 Å². The van der Waals surface area contributed by atoms with Crippen molar-refractivity contribution in [2.24, 2.45) is 5.41 Å². The summed E-state index contributed by atoms with van der Waals surface area (Å²) in [5.74, 6) is 0. The van der Waals surface area contributed by atoms with Gasteiger partial charge in [-0.3, -0.25) is 4.79 Å². The first kappa shape index (κ1) is 13.2. The van der Waals surface area contributed by atoms with Crippen molar-refractivity contribution >= 4 is 16.8 Å². The van der Waals surface area contributed by atoms with Crippen LogP contribution in [-0.4, -0.2) is 5.24 Å². The molecule has 78 valence electrons. The van der Waals surface area contributed by atoms with Gasteiger partial charge in [-0.25, -0.2) is 0 Å². The Kier molecular flexibility index (Phi) is 4.86. The molecule has 0 saturated carbocycles. The topological polar surface area (TPSA) is 17.1 Å². The van der Waals surface area contributed by atoms with Crippen LogP contribution in [0.25, 0.3) is 0 Å². The molecule has 0 aromatic heterocycles. The predicted molar refractivity (Wildman–Crippen MR) is 62.4 cm³/mol. The van der Waals surface area contributed by atoms with Crippen LogP contribution < -0.4 is 0 Å². The van der Waals surface area contributed by atoms with Gasteiger partial charge in [0, 0.05) is 5.57 Å². The minimum Gasteiger partial charge on any atom is -0.276 e. The molecule has 0 aliphatic rings. The van der Waals surface area contributed by atoms with Crippen molar-refractivity contribution in [3.05, 3.63) is 36.0 Å². The molecule has 0 spiro atoms. The third kappa shape index (κ3) is 4.43. The lowest BCUT2D eigenvalue weighted by Crippen LogP contribution is -2.06. The Balaban J connectivity index is 4.61. The molecule has 0 atom stereocenters. The lowest BCUT2D eigenvalue weighted by molar-refractivity contribution is -0.108. The normalized spacial score (nSPS) is 13.4. The third-order valence-electron chi connectivity index (χ3n) is 1.97. The first-order chi connectivity index (χ1) is 6.29. The van der Waals surface area contributed by atoms with Crippen LogP contribution in [0.1, 0.15) is 27.7 Å². The molecule has 0 radical (unpaired) electrons. The quantitative estimate of drug-likeness (QED) is 0.395. The summed E-state index contributed by atoms with van der Waals surface area (Å²) < 4.78 is 0. The van der Waals surface area contributed by atoms with Gasteiger partial charge in [-0.05, 0) is 29.5 Å². The molecule has 14 heavy (non-hydrogen) atoms. The number of carbonyl (C=O) groups excluding carboxylic acids is 1. The van der Waals surface area contributed by atoms with Gasteiger partial charge in [0.2, 0.25) is 0 Å². The fourth-order valence-corrected chi connectivity index (χ4v) is 0.888. The van der Waals surface area contributed by atoms with Gasteiger partial charge in [0.25, 0.3) is 5.24 Å². The van der Waals surface area contributed by atoms with E-state index in [2.05, 4.69) is 27.4 Å². The van der Waals surface area contributed by atoms with Crippen LogP contribution in [-0.2, 0) is 4.79 Å². The monoisotopic (exact) mass is 212 g/mol. The Morgan fingerprint density at radius 2 is 1.79 bits per heavy atom. The first-order valence-electron chi connectivity index (χ1n) is 4.52. The van der Waals surface area contributed by atoms with Crippen molar-refractivity contribution in [3.8, 4) is 0 Å². The second-order valence-corrected chi connectivity index (χ2v) is 4.47. The maximum absolute atomic E-state index is 10.9. The molecule has 0 aromatic rings. The maximum Gasteiger partial charge on any atom is 0.252 e. The molecule has 0 fully saturated rings. The zero-order valence-corrected chi connectivity index (χ0v) is 9.98. The van der Waals surface area contributed by atoms with E-state index in [1.807, 2.05) is 6.08 Å². The largest absolute Gasteiger partial charge is 0.276 e. The van der Waals surface area contributed by atoms with Crippen LogP contribution in [0.15, 0.2) is 36.0 Å². The van der Waals surface area contributed by atoms with Gasteiger partial charge >= 0.3 is 0 Å². The predicted octanol–water partition coefficient (Wildman–Crippen LogP) is 3.86. The van der Waals surface area contributed by atoms with Gasteiger partial charge in [-0.2, -0.15) is 0 Å². The van der Waals surface area contributed by atoms with Gasteiger partial charge < -0.3 is 0 Å². The number of hydrogen-bond donors (Lipinski definition) is 0. The minimum absolute atomic E-state index is 0.0186. The van der Waals surface area contributed by atoms with Gasteiger partial charge in [-0.15, -0.1) is 0 Å².